The molecule has 142 valence electrons. The number of carboxylic acids is 1. The predicted octanol–water partition coefficient (Wildman–Crippen LogP) is 0.251. The Bertz CT molecular complexity index is 668. The lowest BCUT2D eigenvalue weighted by atomic mass is 10.2. The summed E-state index contributed by atoms with van der Waals surface area (Å²) in [4.78, 5) is 36.8. The van der Waals surface area contributed by atoms with Gasteiger partial charge in [0.1, 0.15) is 5.69 Å². The van der Waals surface area contributed by atoms with E-state index in [-0.39, 0.29) is 36.5 Å². The van der Waals surface area contributed by atoms with Crippen LogP contribution < -0.4 is 5.32 Å². The second kappa shape index (κ2) is 9.11. The number of anilines is 1. The monoisotopic (exact) mass is 366 g/mol. The number of nitrogens with one attached hydrogen (secondary N) is 1. The van der Waals surface area contributed by atoms with Crippen LogP contribution in [0.4, 0.5) is 11.4 Å². The SMILES string of the molecule is CN(CC(=O)O)CC1CN(C(=O)CNc2ccccc2[N+](=O)[O-])CCO1. The molecule has 10 nitrogen and oxygen atoms in total. The number of rotatable bonds is 8. The van der Waals surface area contributed by atoms with Crippen LogP contribution in [0.15, 0.2) is 24.3 Å². The number of nitro benzene ring substituents is 1. The molecule has 1 atom stereocenters. The average molecular weight is 366 g/mol. The van der Waals surface area contributed by atoms with Crippen molar-refractivity contribution < 1.29 is 24.4 Å². The van der Waals surface area contributed by atoms with Crippen molar-refractivity contribution in [3.63, 3.8) is 0 Å². The number of nitrogens with zero attached hydrogens (tertiary/aromatic N) is 3. The fourth-order valence-electron chi connectivity index (χ4n) is 2.76. The number of amides is 1. The van der Waals surface area contributed by atoms with Gasteiger partial charge in [0.25, 0.3) is 5.69 Å². The van der Waals surface area contributed by atoms with Gasteiger partial charge in [0.05, 0.1) is 30.7 Å². The first-order valence-electron chi connectivity index (χ1n) is 8.14. The topological polar surface area (TPSA) is 125 Å². The Morgan fingerprint density at radius 2 is 2.19 bits per heavy atom. The maximum atomic E-state index is 12.4. The molecule has 1 unspecified atom stereocenters. The van der Waals surface area contributed by atoms with Crippen LogP contribution >= 0.6 is 0 Å². The number of ether oxygens (including phenoxy) is 1. The van der Waals surface area contributed by atoms with Gasteiger partial charge in [0, 0.05) is 25.7 Å². The molecule has 0 saturated carbocycles. The van der Waals surface area contributed by atoms with Crippen LogP contribution in [-0.4, -0.2) is 84.2 Å². The number of hydrogen-bond acceptors (Lipinski definition) is 7. The van der Waals surface area contributed by atoms with E-state index in [1.807, 2.05) is 0 Å². The third kappa shape index (κ3) is 5.67. The molecule has 1 amide bonds. The highest BCUT2D eigenvalue weighted by molar-refractivity contribution is 5.82. The molecule has 1 aliphatic heterocycles. The Hall–Kier alpha value is -2.72. The number of carbonyl (C=O) groups is 2. The van der Waals surface area contributed by atoms with E-state index in [9.17, 15) is 19.7 Å². The average Bonchev–Trinajstić information content (AvgIpc) is 2.59. The summed E-state index contributed by atoms with van der Waals surface area (Å²) in [6, 6.07) is 6.14. The lowest BCUT2D eigenvalue weighted by molar-refractivity contribution is -0.383. The molecule has 1 aromatic rings. The zero-order valence-electron chi connectivity index (χ0n) is 14.5. The van der Waals surface area contributed by atoms with Crippen LogP contribution in [0.3, 0.4) is 0 Å². The molecule has 1 aromatic carbocycles. The Morgan fingerprint density at radius 3 is 2.88 bits per heavy atom. The lowest BCUT2D eigenvalue weighted by Crippen LogP contribution is -2.50. The molecule has 0 spiro atoms. The number of carboxylic acid groups (broad SMARTS) is 1. The van der Waals surface area contributed by atoms with Crippen molar-refractivity contribution in [2.75, 3.05) is 51.7 Å². The fourth-order valence-corrected chi connectivity index (χ4v) is 2.76. The molecule has 0 radical (unpaired) electrons. The van der Waals surface area contributed by atoms with E-state index in [2.05, 4.69) is 5.32 Å². The quantitative estimate of drug-likeness (QED) is 0.495. The largest absolute Gasteiger partial charge is 0.480 e. The van der Waals surface area contributed by atoms with Crippen molar-refractivity contribution in [3.8, 4) is 0 Å². The van der Waals surface area contributed by atoms with E-state index in [1.54, 1.807) is 35.0 Å². The maximum absolute atomic E-state index is 12.4. The first-order chi connectivity index (χ1) is 12.4. The third-order valence-corrected chi connectivity index (χ3v) is 3.94. The van der Waals surface area contributed by atoms with Gasteiger partial charge in [0.2, 0.25) is 5.91 Å². The van der Waals surface area contributed by atoms with Gasteiger partial charge in [-0.1, -0.05) is 12.1 Å². The molecule has 0 aliphatic carbocycles. The number of likely N-dealkylation sites (N-methyl/N-ethyl adjacent to an activating group) is 1. The van der Waals surface area contributed by atoms with Crippen molar-refractivity contribution in [1.29, 1.82) is 0 Å². The maximum Gasteiger partial charge on any atom is 0.317 e. The molecule has 10 heteroatoms. The van der Waals surface area contributed by atoms with Crippen LogP contribution in [-0.2, 0) is 14.3 Å². The van der Waals surface area contributed by atoms with Crippen LogP contribution in [0.25, 0.3) is 0 Å². The molecule has 1 fully saturated rings. The predicted molar refractivity (Wildman–Crippen MR) is 93.0 cm³/mol. The summed E-state index contributed by atoms with van der Waals surface area (Å²) >= 11 is 0. The van der Waals surface area contributed by atoms with E-state index in [0.717, 1.165) is 0 Å². The van der Waals surface area contributed by atoms with Crippen LogP contribution in [0.2, 0.25) is 0 Å². The number of hydrogen-bond donors (Lipinski definition) is 2. The number of benzene rings is 1. The van der Waals surface area contributed by atoms with E-state index >= 15 is 0 Å². The summed E-state index contributed by atoms with van der Waals surface area (Å²) in [5.74, 6) is -1.12. The Morgan fingerprint density at radius 1 is 1.46 bits per heavy atom. The number of carbonyl (C=O) groups excluding carboxylic acids is 1. The molecule has 1 aliphatic rings. The van der Waals surface area contributed by atoms with Gasteiger partial charge in [-0.3, -0.25) is 24.6 Å². The van der Waals surface area contributed by atoms with Crippen molar-refractivity contribution in [3.05, 3.63) is 34.4 Å². The number of morpholine rings is 1. The van der Waals surface area contributed by atoms with Crippen LogP contribution in [0.1, 0.15) is 0 Å². The molecule has 1 heterocycles. The van der Waals surface area contributed by atoms with E-state index < -0.39 is 10.9 Å². The van der Waals surface area contributed by atoms with Gasteiger partial charge in [-0.25, -0.2) is 0 Å². The minimum atomic E-state index is -0.926. The van der Waals surface area contributed by atoms with Crippen molar-refractivity contribution in [2.45, 2.75) is 6.10 Å². The Labute approximate surface area is 150 Å². The van der Waals surface area contributed by atoms with Gasteiger partial charge in [-0.15, -0.1) is 0 Å². The zero-order valence-corrected chi connectivity index (χ0v) is 14.5. The zero-order chi connectivity index (χ0) is 19.1. The summed E-state index contributed by atoms with van der Waals surface area (Å²) in [6.07, 6.45) is -0.275. The van der Waals surface area contributed by atoms with Crippen molar-refractivity contribution in [2.24, 2.45) is 0 Å². The van der Waals surface area contributed by atoms with Gasteiger partial charge >= 0.3 is 5.97 Å². The molecular weight excluding hydrogens is 344 g/mol. The van der Waals surface area contributed by atoms with Gasteiger partial charge in [-0.2, -0.15) is 0 Å². The molecule has 0 aromatic heterocycles. The molecule has 26 heavy (non-hydrogen) atoms. The minimum Gasteiger partial charge on any atom is -0.480 e. The lowest BCUT2D eigenvalue weighted by Gasteiger charge is -2.34. The smallest absolute Gasteiger partial charge is 0.317 e. The van der Waals surface area contributed by atoms with E-state index in [0.29, 0.717) is 26.2 Å². The van der Waals surface area contributed by atoms with E-state index in [1.165, 1.54) is 6.07 Å². The molecule has 0 bridgehead atoms. The van der Waals surface area contributed by atoms with Gasteiger partial charge < -0.3 is 20.1 Å². The van der Waals surface area contributed by atoms with Crippen LogP contribution in [0, 0.1) is 10.1 Å². The Kier molecular flexibility index (Phi) is 6.87. The van der Waals surface area contributed by atoms with Crippen molar-refractivity contribution in [1.82, 2.24) is 9.80 Å². The first kappa shape index (κ1) is 19.6. The summed E-state index contributed by atoms with van der Waals surface area (Å²) in [7, 11) is 1.67. The van der Waals surface area contributed by atoms with Gasteiger partial charge in [-0.05, 0) is 13.1 Å². The molecule has 2 rings (SSSR count). The summed E-state index contributed by atoms with van der Waals surface area (Å²) in [6.45, 7) is 1.37. The summed E-state index contributed by atoms with van der Waals surface area (Å²) in [5.41, 5.74) is 0.201. The normalized spacial score (nSPS) is 17.2. The van der Waals surface area contributed by atoms with Gasteiger partial charge in [0.15, 0.2) is 0 Å². The molecular formula is C16H22N4O6. The first-order valence-corrected chi connectivity index (χ1v) is 8.14. The third-order valence-electron chi connectivity index (χ3n) is 3.94. The second-order valence-electron chi connectivity index (χ2n) is 6.05. The second-order valence-corrected chi connectivity index (χ2v) is 6.05. The number of nitro groups is 1. The van der Waals surface area contributed by atoms with Crippen molar-refractivity contribution >= 4 is 23.3 Å². The standard InChI is InChI=1S/C16H22N4O6/c1-18(11-16(22)23)9-12-10-19(6-7-26-12)15(21)8-17-13-4-2-3-5-14(13)20(24)25/h2-5,12,17H,6-11H2,1H3,(H,22,23). The highest BCUT2D eigenvalue weighted by atomic mass is 16.6. The fraction of sp³-hybridized carbons (Fsp3) is 0.500. The van der Waals surface area contributed by atoms with Crippen LogP contribution in [0.5, 0.6) is 0 Å². The van der Waals surface area contributed by atoms with E-state index in [4.69, 9.17) is 9.84 Å². The summed E-state index contributed by atoms with van der Waals surface area (Å²) < 4.78 is 5.59. The highest BCUT2D eigenvalue weighted by Crippen LogP contribution is 2.22. The molecule has 2 N–H and O–H groups in total. The summed E-state index contributed by atoms with van der Waals surface area (Å²) in [5, 5.41) is 22.6. The highest BCUT2D eigenvalue weighted by Gasteiger charge is 2.25. The molecule has 1 saturated heterocycles. The number of para-hydroxylation sites is 2. The Balaban J connectivity index is 1.87. The number of aliphatic carboxylic acids is 1. The minimum absolute atomic E-state index is 0.0669.